The molecule has 0 atom stereocenters. The van der Waals surface area contributed by atoms with E-state index < -0.39 is 10.7 Å². The molecule has 0 saturated heterocycles. The minimum atomic E-state index is -0.836. The first-order valence-corrected chi connectivity index (χ1v) is 7.11. The molecular weight excluding hydrogens is 325 g/mol. The summed E-state index contributed by atoms with van der Waals surface area (Å²) in [6.45, 7) is 0. The highest BCUT2D eigenvalue weighted by molar-refractivity contribution is 5.50. The van der Waals surface area contributed by atoms with Crippen molar-refractivity contribution in [1.29, 1.82) is 0 Å². The highest BCUT2D eigenvalue weighted by Gasteiger charge is 2.13. The van der Waals surface area contributed by atoms with Gasteiger partial charge in [-0.1, -0.05) is 11.8 Å². The number of halogens is 1. The van der Waals surface area contributed by atoms with Crippen molar-refractivity contribution in [3.63, 3.8) is 0 Å². The number of nitrogens with zero attached hydrogens (tertiary/aromatic N) is 3. The van der Waals surface area contributed by atoms with E-state index in [1.54, 1.807) is 24.5 Å². The van der Waals surface area contributed by atoms with Gasteiger partial charge in [-0.3, -0.25) is 20.1 Å². The van der Waals surface area contributed by atoms with E-state index in [1.807, 2.05) is 0 Å². The first-order valence-electron chi connectivity index (χ1n) is 7.11. The van der Waals surface area contributed by atoms with Crippen molar-refractivity contribution in [2.24, 2.45) is 0 Å². The molecule has 0 bridgehead atoms. The summed E-state index contributed by atoms with van der Waals surface area (Å²) in [4.78, 5) is 17.9. The van der Waals surface area contributed by atoms with Gasteiger partial charge in [0.1, 0.15) is 5.75 Å². The second-order valence-electron chi connectivity index (χ2n) is 4.84. The fraction of sp³-hybridized carbons (Fsp3) is 0. The van der Waals surface area contributed by atoms with Crippen molar-refractivity contribution in [3.8, 4) is 23.3 Å². The van der Waals surface area contributed by atoms with E-state index in [1.165, 1.54) is 30.6 Å². The van der Waals surface area contributed by atoms with Gasteiger partial charge in [0.05, 0.1) is 16.6 Å². The summed E-state index contributed by atoms with van der Waals surface area (Å²) < 4.78 is 19.5. The van der Waals surface area contributed by atoms with Gasteiger partial charge in [0.15, 0.2) is 11.6 Å². The Bertz CT molecular complexity index is 982. The Balaban J connectivity index is 1.90. The van der Waals surface area contributed by atoms with Crippen molar-refractivity contribution in [2.75, 3.05) is 0 Å². The maximum atomic E-state index is 14.0. The highest BCUT2D eigenvalue weighted by Crippen LogP contribution is 2.29. The number of nitro groups is 1. The lowest BCUT2D eigenvalue weighted by Crippen LogP contribution is -1.94. The summed E-state index contributed by atoms with van der Waals surface area (Å²) in [7, 11) is 0. The zero-order valence-corrected chi connectivity index (χ0v) is 12.7. The lowest BCUT2D eigenvalue weighted by atomic mass is 10.2. The van der Waals surface area contributed by atoms with Crippen LogP contribution in [0.5, 0.6) is 11.5 Å². The molecule has 122 valence electrons. The third kappa shape index (κ3) is 3.95. The van der Waals surface area contributed by atoms with Gasteiger partial charge < -0.3 is 4.74 Å². The molecule has 3 aromatic rings. The van der Waals surface area contributed by atoms with Crippen molar-refractivity contribution >= 4 is 5.69 Å². The van der Waals surface area contributed by atoms with Crippen molar-refractivity contribution < 1.29 is 14.1 Å². The summed E-state index contributed by atoms with van der Waals surface area (Å²) in [6, 6.07) is 8.27. The second kappa shape index (κ2) is 7.19. The van der Waals surface area contributed by atoms with Gasteiger partial charge in [0, 0.05) is 42.5 Å². The molecule has 6 nitrogen and oxygen atoms in total. The molecule has 0 amide bonds. The van der Waals surface area contributed by atoms with Crippen LogP contribution in [0.2, 0.25) is 0 Å². The Morgan fingerprint density at radius 1 is 1.04 bits per heavy atom. The van der Waals surface area contributed by atoms with Crippen molar-refractivity contribution in [1.82, 2.24) is 9.97 Å². The molecule has 0 saturated carbocycles. The van der Waals surface area contributed by atoms with E-state index >= 15 is 0 Å². The fourth-order valence-corrected chi connectivity index (χ4v) is 1.95. The molecule has 7 heteroatoms. The molecule has 2 heterocycles. The minimum Gasteiger partial charge on any atom is -0.453 e. The molecule has 3 rings (SSSR count). The van der Waals surface area contributed by atoms with Crippen LogP contribution < -0.4 is 4.74 Å². The highest BCUT2D eigenvalue weighted by atomic mass is 19.1. The van der Waals surface area contributed by atoms with E-state index in [2.05, 4.69) is 21.8 Å². The van der Waals surface area contributed by atoms with Gasteiger partial charge in [-0.2, -0.15) is 0 Å². The standard InChI is InChI=1S/C18H10FN3O3/c19-16-10-15(22(23)24)5-6-18(16)25-17-7-9-21-12-14(17)4-3-13-2-1-8-20-11-13/h1-2,5-12H. The Labute approximate surface area is 142 Å². The topological polar surface area (TPSA) is 78.2 Å². The average Bonchev–Trinajstić information content (AvgIpc) is 2.63. The van der Waals surface area contributed by atoms with Gasteiger partial charge in [-0.25, -0.2) is 4.39 Å². The van der Waals surface area contributed by atoms with Crippen LogP contribution in [0.15, 0.2) is 61.2 Å². The van der Waals surface area contributed by atoms with Crippen LogP contribution in [0.1, 0.15) is 11.1 Å². The molecule has 0 aliphatic heterocycles. The van der Waals surface area contributed by atoms with Crippen LogP contribution in [0, 0.1) is 27.8 Å². The largest absolute Gasteiger partial charge is 0.453 e. The monoisotopic (exact) mass is 335 g/mol. The number of ether oxygens (including phenoxy) is 1. The third-order valence-corrected chi connectivity index (χ3v) is 3.13. The molecule has 1 aromatic carbocycles. The average molecular weight is 335 g/mol. The summed E-state index contributed by atoms with van der Waals surface area (Å²) in [5, 5.41) is 10.7. The molecule has 0 radical (unpaired) electrons. The van der Waals surface area contributed by atoms with Gasteiger partial charge in [-0.15, -0.1) is 0 Å². The zero-order valence-electron chi connectivity index (χ0n) is 12.7. The van der Waals surface area contributed by atoms with Gasteiger partial charge in [0.25, 0.3) is 5.69 Å². The van der Waals surface area contributed by atoms with Crippen LogP contribution >= 0.6 is 0 Å². The first kappa shape index (κ1) is 16.1. The molecule has 0 aliphatic rings. The molecule has 2 aromatic heterocycles. The van der Waals surface area contributed by atoms with Crippen molar-refractivity contribution in [2.45, 2.75) is 0 Å². The molecule has 25 heavy (non-hydrogen) atoms. The van der Waals surface area contributed by atoms with Crippen LogP contribution in [-0.2, 0) is 0 Å². The predicted octanol–water partition coefficient (Wildman–Crippen LogP) is 3.72. The number of hydrogen-bond donors (Lipinski definition) is 0. The number of benzene rings is 1. The maximum Gasteiger partial charge on any atom is 0.272 e. The Hall–Kier alpha value is -3.79. The van der Waals surface area contributed by atoms with Gasteiger partial charge in [0.2, 0.25) is 0 Å². The van der Waals surface area contributed by atoms with E-state index in [-0.39, 0.29) is 11.4 Å². The SMILES string of the molecule is O=[N+]([O-])c1ccc(Oc2ccncc2C#Cc2cccnc2)c(F)c1. The Kier molecular flexibility index (Phi) is 4.62. The minimum absolute atomic E-state index is 0.138. The number of non-ortho nitro benzene ring substituents is 1. The Morgan fingerprint density at radius 3 is 2.60 bits per heavy atom. The smallest absolute Gasteiger partial charge is 0.272 e. The van der Waals surface area contributed by atoms with Crippen LogP contribution in [0.3, 0.4) is 0 Å². The Morgan fingerprint density at radius 2 is 1.88 bits per heavy atom. The third-order valence-electron chi connectivity index (χ3n) is 3.13. The molecule has 0 N–H and O–H groups in total. The quantitative estimate of drug-likeness (QED) is 0.414. The normalized spacial score (nSPS) is 9.80. The van der Waals surface area contributed by atoms with E-state index in [0.29, 0.717) is 16.9 Å². The predicted molar refractivity (Wildman–Crippen MR) is 87.6 cm³/mol. The van der Waals surface area contributed by atoms with Gasteiger partial charge >= 0.3 is 0 Å². The van der Waals surface area contributed by atoms with Crippen LogP contribution in [0.4, 0.5) is 10.1 Å². The summed E-state index contributed by atoms with van der Waals surface area (Å²) in [5.74, 6) is 5.12. The first-order chi connectivity index (χ1) is 12.1. The molecule has 0 aliphatic carbocycles. The lowest BCUT2D eigenvalue weighted by molar-refractivity contribution is -0.385. The molecule has 0 fully saturated rings. The van der Waals surface area contributed by atoms with E-state index in [9.17, 15) is 14.5 Å². The summed E-state index contributed by atoms with van der Waals surface area (Å²) >= 11 is 0. The number of nitro benzene ring substituents is 1. The van der Waals surface area contributed by atoms with E-state index in [4.69, 9.17) is 4.74 Å². The second-order valence-corrected chi connectivity index (χ2v) is 4.84. The van der Waals surface area contributed by atoms with Crippen LogP contribution in [0.25, 0.3) is 0 Å². The van der Waals surface area contributed by atoms with E-state index in [0.717, 1.165) is 6.07 Å². The molecule has 0 unspecified atom stereocenters. The van der Waals surface area contributed by atoms with Gasteiger partial charge in [-0.05, 0) is 18.2 Å². The molecule has 0 spiro atoms. The number of hydrogen-bond acceptors (Lipinski definition) is 5. The number of aromatic nitrogens is 2. The number of pyridine rings is 2. The summed E-state index contributed by atoms with van der Waals surface area (Å²) in [6.07, 6.45) is 6.22. The van der Waals surface area contributed by atoms with Crippen LogP contribution in [-0.4, -0.2) is 14.9 Å². The van der Waals surface area contributed by atoms with Crippen molar-refractivity contribution in [3.05, 3.63) is 88.2 Å². The lowest BCUT2D eigenvalue weighted by Gasteiger charge is -2.08. The summed E-state index contributed by atoms with van der Waals surface area (Å²) in [5.41, 5.74) is 0.805. The fourth-order valence-electron chi connectivity index (χ4n) is 1.95. The maximum absolute atomic E-state index is 14.0. The number of rotatable bonds is 3. The zero-order chi connectivity index (χ0) is 17.6. The molecular formula is C18H10FN3O3.